The molecule has 0 aliphatic rings. The number of halogens is 1. The molecule has 4 aromatic rings. The van der Waals surface area contributed by atoms with Gasteiger partial charge in [-0.15, -0.1) is 0 Å². The monoisotopic (exact) mass is 352 g/mol. The Hall–Kier alpha value is -3.19. The molecule has 0 amide bonds. The third-order valence-corrected chi connectivity index (χ3v) is 5.04. The molecule has 0 aliphatic heterocycles. The van der Waals surface area contributed by atoms with Crippen molar-refractivity contribution in [2.75, 3.05) is 0 Å². The lowest BCUT2D eigenvalue weighted by molar-refractivity contribution is 0.624. The van der Waals surface area contributed by atoms with Crippen LogP contribution in [0.3, 0.4) is 0 Å². The number of hydrogen-bond donors (Lipinski definition) is 0. The lowest BCUT2D eigenvalue weighted by Crippen LogP contribution is -2.14. The first-order valence-corrected chi connectivity index (χ1v) is 9.23. The second-order valence-electron chi connectivity index (χ2n) is 6.74. The fourth-order valence-electron chi connectivity index (χ4n) is 3.81. The molecule has 27 heavy (non-hydrogen) atoms. The van der Waals surface area contributed by atoms with Crippen LogP contribution in [-0.4, -0.2) is 0 Å². The highest BCUT2D eigenvalue weighted by Gasteiger charge is 2.27. The largest absolute Gasteiger partial charge is 0.207 e. The maximum atomic E-state index is 13.6. The molecule has 0 bridgehead atoms. The second kappa shape index (κ2) is 8.01. The summed E-state index contributed by atoms with van der Waals surface area (Å²) in [5.74, 6) is 0.0263. The van der Waals surface area contributed by atoms with E-state index in [1.807, 2.05) is 30.3 Å². The van der Waals surface area contributed by atoms with E-state index in [0.717, 1.165) is 5.56 Å². The first-order valence-electron chi connectivity index (χ1n) is 9.23. The molecule has 1 unspecified atom stereocenters. The molecule has 0 aromatic heterocycles. The van der Waals surface area contributed by atoms with Crippen LogP contribution in [-0.2, 0) is 0 Å². The Morgan fingerprint density at radius 1 is 0.370 bits per heavy atom. The van der Waals surface area contributed by atoms with Gasteiger partial charge in [-0.25, -0.2) is 4.39 Å². The van der Waals surface area contributed by atoms with Crippen LogP contribution >= 0.6 is 0 Å². The van der Waals surface area contributed by atoms with Crippen LogP contribution in [0.4, 0.5) is 4.39 Å². The summed E-state index contributed by atoms with van der Waals surface area (Å²) in [6.45, 7) is 0. The Bertz CT molecular complexity index is 921. The van der Waals surface area contributed by atoms with E-state index in [4.69, 9.17) is 0 Å². The molecule has 4 rings (SSSR count). The molecule has 0 saturated carbocycles. The Kier molecular flexibility index (Phi) is 5.11. The van der Waals surface area contributed by atoms with Crippen LogP contribution in [0.2, 0.25) is 0 Å². The molecular weight excluding hydrogens is 331 g/mol. The first-order chi connectivity index (χ1) is 13.3. The molecule has 0 nitrogen and oxygen atoms in total. The molecule has 132 valence electrons. The van der Waals surface area contributed by atoms with Crippen molar-refractivity contribution in [2.24, 2.45) is 0 Å². The zero-order valence-corrected chi connectivity index (χ0v) is 15.0. The average Bonchev–Trinajstić information content (AvgIpc) is 2.75. The first kappa shape index (κ1) is 17.2. The second-order valence-corrected chi connectivity index (χ2v) is 6.74. The van der Waals surface area contributed by atoms with Gasteiger partial charge in [-0.05, 0) is 34.4 Å². The van der Waals surface area contributed by atoms with E-state index >= 15 is 0 Å². The highest BCUT2D eigenvalue weighted by Crippen LogP contribution is 2.42. The van der Waals surface area contributed by atoms with Gasteiger partial charge in [0.05, 0.1) is 0 Å². The minimum Gasteiger partial charge on any atom is -0.207 e. The third kappa shape index (κ3) is 3.83. The average molecular weight is 352 g/mol. The summed E-state index contributed by atoms with van der Waals surface area (Å²) in [6.07, 6.45) is 0. The maximum Gasteiger partial charge on any atom is 0.123 e. The summed E-state index contributed by atoms with van der Waals surface area (Å²) in [7, 11) is 0. The molecule has 0 aliphatic carbocycles. The Morgan fingerprint density at radius 3 is 1.00 bits per heavy atom. The minimum atomic E-state index is -0.207. The van der Waals surface area contributed by atoms with Crippen LogP contribution in [0.15, 0.2) is 115 Å². The zero-order chi connectivity index (χ0) is 18.5. The van der Waals surface area contributed by atoms with Crippen LogP contribution < -0.4 is 0 Å². The Balaban J connectivity index is 1.93. The predicted molar refractivity (Wildman–Crippen MR) is 109 cm³/mol. The standard InChI is InChI=1S/C26H21F/c27-24-18-16-23(17-19-24)26(22-14-8-3-9-15-22)25(20-10-4-1-5-11-20)21-12-6-2-7-13-21/h1-19,25-26H. The Labute approximate surface area is 159 Å². The van der Waals surface area contributed by atoms with Gasteiger partial charge >= 0.3 is 0 Å². The summed E-state index contributed by atoms with van der Waals surface area (Å²) in [6, 6.07) is 38.5. The van der Waals surface area contributed by atoms with Gasteiger partial charge in [0.1, 0.15) is 5.82 Å². The van der Waals surface area contributed by atoms with Crippen molar-refractivity contribution in [3.63, 3.8) is 0 Å². The van der Waals surface area contributed by atoms with E-state index in [1.54, 1.807) is 12.1 Å². The summed E-state index contributed by atoms with van der Waals surface area (Å²) in [4.78, 5) is 0. The van der Waals surface area contributed by atoms with Gasteiger partial charge < -0.3 is 0 Å². The van der Waals surface area contributed by atoms with Gasteiger partial charge in [-0.2, -0.15) is 0 Å². The fourth-order valence-corrected chi connectivity index (χ4v) is 3.81. The number of benzene rings is 4. The van der Waals surface area contributed by atoms with E-state index in [1.165, 1.54) is 16.7 Å². The van der Waals surface area contributed by atoms with Crippen LogP contribution in [0, 0.1) is 5.82 Å². The van der Waals surface area contributed by atoms with Gasteiger partial charge in [-0.3, -0.25) is 0 Å². The zero-order valence-electron chi connectivity index (χ0n) is 15.0. The molecular formula is C26H21F. The molecule has 4 aromatic carbocycles. The lowest BCUT2D eigenvalue weighted by Gasteiger charge is -2.29. The van der Waals surface area contributed by atoms with Crippen molar-refractivity contribution in [1.29, 1.82) is 0 Å². The maximum absolute atomic E-state index is 13.6. The molecule has 0 saturated heterocycles. The molecule has 0 spiro atoms. The SMILES string of the molecule is Fc1ccc(C(c2ccccc2)C(c2ccccc2)c2ccccc2)cc1. The van der Waals surface area contributed by atoms with Crippen molar-refractivity contribution >= 4 is 0 Å². The smallest absolute Gasteiger partial charge is 0.123 e. The van der Waals surface area contributed by atoms with Crippen molar-refractivity contribution in [1.82, 2.24) is 0 Å². The predicted octanol–water partition coefficient (Wildman–Crippen LogP) is 6.79. The highest BCUT2D eigenvalue weighted by molar-refractivity contribution is 5.44. The number of hydrogen-bond acceptors (Lipinski definition) is 0. The van der Waals surface area contributed by atoms with Gasteiger partial charge in [0, 0.05) is 11.8 Å². The molecule has 0 heterocycles. The fraction of sp³-hybridized carbons (Fsp3) is 0.0769. The highest BCUT2D eigenvalue weighted by atomic mass is 19.1. The van der Waals surface area contributed by atoms with E-state index in [0.29, 0.717) is 0 Å². The molecule has 1 atom stereocenters. The van der Waals surface area contributed by atoms with E-state index in [2.05, 4.69) is 72.8 Å². The third-order valence-electron chi connectivity index (χ3n) is 5.04. The number of rotatable bonds is 5. The van der Waals surface area contributed by atoms with Crippen LogP contribution in [0.5, 0.6) is 0 Å². The molecule has 0 radical (unpaired) electrons. The van der Waals surface area contributed by atoms with Gasteiger partial charge in [0.15, 0.2) is 0 Å². The molecule has 0 fully saturated rings. The van der Waals surface area contributed by atoms with E-state index < -0.39 is 0 Å². The van der Waals surface area contributed by atoms with Gasteiger partial charge in [-0.1, -0.05) is 103 Å². The van der Waals surface area contributed by atoms with Crippen molar-refractivity contribution in [3.05, 3.63) is 143 Å². The van der Waals surface area contributed by atoms with Crippen molar-refractivity contribution < 1.29 is 4.39 Å². The minimum absolute atomic E-state index is 0.0941. The summed E-state index contributed by atoms with van der Waals surface area (Å²) < 4.78 is 13.6. The topological polar surface area (TPSA) is 0 Å². The lowest BCUT2D eigenvalue weighted by atomic mass is 9.74. The van der Waals surface area contributed by atoms with Crippen molar-refractivity contribution in [2.45, 2.75) is 11.8 Å². The van der Waals surface area contributed by atoms with Gasteiger partial charge in [0.2, 0.25) is 0 Å². The summed E-state index contributed by atoms with van der Waals surface area (Å²) in [5.41, 5.74) is 4.84. The molecule has 0 N–H and O–H groups in total. The summed E-state index contributed by atoms with van der Waals surface area (Å²) in [5, 5.41) is 0. The molecule has 1 heteroatoms. The van der Waals surface area contributed by atoms with E-state index in [-0.39, 0.29) is 17.7 Å². The van der Waals surface area contributed by atoms with Crippen molar-refractivity contribution in [3.8, 4) is 0 Å². The van der Waals surface area contributed by atoms with E-state index in [9.17, 15) is 4.39 Å². The Morgan fingerprint density at radius 2 is 0.667 bits per heavy atom. The van der Waals surface area contributed by atoms with Gasteiger partial charge in [0.25, 0.3) is 0 Å². The quantitative estimate of drug-likeness (QED) is 0.371. The van der Waals surface area contributed by atoms with Crippen LogP contribution in [0.1, 0.15) is 34.1 Å². The van der Waals surface area contributed by atoms with Crippen LogP contribution in [0.25, 0.3) is 0 Å². The normalized spacial score (nSPS) is 12.1. The summed E-state index contributed by atoms with van der Waals surface area (Å²) >= 11 is 0.